The largest absolute Gasteiger partial charge is 0.493 e. The molecule has 0 amide bonds. The molecule has 0 atom stereocenters. The number of benzene rings is 16. The predicted octanol–water partition coefficient (Wildman–Crippen LogP) is 16.9. The summed E-state index contributed by atoms with van der Waals surface area (Å²) in [7, 11) is -2.49. The van der Waals surface area contributed by atoms with Crippen LogP contribution in [0.15, 0.2) is 409 Å². The number of anilines is 6. The Morgan fingerprint density at radius 2 is 0.636 bits per heavy atom. The van der Waals surface area contributed by atoms with Gasteiger partial charge >= 0.3 is 7.12 Å². The van der Waals surface area contributed by atoms with Gasteiger partial charge in [0.15, 0.2) is 16.1 Å². The van der Waals surface area contributed by atoms with Crippen LogP contribution < -0.4 is 73.1 Å². The van der Waals surface area contributed by atoms with Crippen LogP contribution in [-0.4, -0.2) is 53.3 Å². The average Bonchev–Trinajstić information content (AvgIpc) is 0.827. The number of aromatic nitrogens is 2. The molecular weight excluding hydrogens is 1500 g/mol. The van der Waals surface area contributed by atoms with Crippen LogP contribution in [0.4, 0.5) is 34.1 Å². The van der Waals surface area contributed by atoms with Gasteiger partial charge in [-0.15, -0.1) is 0 Å². The molecule has 0 aliphatic carbocycles. The summed E-state index contributed by atoms with van der Waals surface area (Å²) in [6, 6.07) is 147. The topological polar surface area (TPSA) is 34.8 Å². The van der Waals surface area contributed by atoms with Gasteiger partial charge in [0.25, 0.3) is 0 Å². The highest BCUT2D eigenvalue weighted by molar-refractivity contribution is 9.11. The summed E-state index contributed by atoms with van der Waals surface area (Å²) < 4.78 is 17.1. The Labute approximate surface area is 660 Å². The van der Waals surface area contributed by atoms with Gasteiger partial charge in [-0.25, -0.2) is 0 Å². The van der Waals surface area contributed by atoms with Crippen molar-refractivity contribution in [2.24, 2.45) is 0 Å². The lowest BCUT2D eigenvalue weighted by Gasteiger charge is -2.49. The van der Waals surface area contributed by atoms with E-state index in [0.29, 0.717) is 0 Å². The average molecular weight is 1580 g/mol. The van der Waals surface area contributed by atoms with Crippen LogP contribution >= 0.6 is 31.9 Å². The van der Waals surface area contributed by atoms with Crippen molar-refractivity contribution < 1.29 is 9.31 Å². The summed E-state index contributed by atoms with van der Waals surface area (Å²) >= 11 is 8.10. The van der Waals surface area contributed by atoms with E-state index in [-0.39, 0.29) is 13.8 Å². The van der Waals surface area contributed by atoms with E-state index in [1.54, 1.807) is 14.2 Å². The van der Waals surface area contributed by atoms with Gasteiger partial charge in [0, 0.05) is 78.8 Å². The first kappa shape index (κ1) is 68.7. The Bertz CT molecular complexity index is 6280. The van der Waals surface area contributed by atoms with Gasteiger partial charge < -0.3 is 28.2 Å². The molecule has 524 valence electrons. The Morgan fingerprint density at radius 1 is 0.282 bits per heavy atom. The van der Waals surface area contributed by atoms with Crippen LogP contribution in [0.3, 0.4) is 0 Å². The molecule has 3 aliphatic heterocycles. The van der Waals surface area contributed by atoms with Crippen molar-refractivity contribution in [1.82, 2.24) is 9.13 Å². The lowest BCUT2D eigenvalue weighted by molar-refractivity contribution is 0.292. The molecular formula is C98H72B2Br2N4O2Si2. The summed E-state index contributed by atoms with van der Waals surface area (Å²) in [5.74, 6) is 0. The maximum atomic E-state index is 5.06. The maximum Gasteiger partial charge on any atom is 0.493 e. The van der Waals surface area contributed by atoms with E-state index in [9.17, 15) is 0 Å². The monoisotopic (exact) mass is 1570 g/mol. The van der Waals surface area contributed by atoms with E-state index in [4.69, 9.17) is 9.31 Å². The molecule has 0 bridgehead atoms. The summed E-state index contributed by atoms with van der Waals surface area (Å²) in [4.78, 5) is 5.08. The fraction of sp³-hybridized carbons (Fsp3) is 0.0204. The molecule has 5 heterocycles. The zero-order valence-corrected chi connectivity index (χ0v) is 65.8. The van der Waals surface area contributed by atoms with Crippen molar-refractivity contribution in [1.29, 1.82) is 0 Å². The third kappa shape index (κ3) is 11.1. The first-order valence-electron chi connectivity index (χ1n) is 37.4. The highest BCUT2D eigenvalue weighted by Crippen LogP contribution is 2.47. The molecule has 0 saturated carbocycles. The van der Waals surface area contributed by atoms with Crippen molar-refractivity contribution in [3.63, 3.8) is 0 Å². The Hall–Kier alpha value is -11.8. The number of hydrogen-bond donors (Lipinski definition) is 0. The lowest BCUT2D eigenvalue weighted by Crippen LogP contribution is -2.78. The molecule has 3 aliphatic rings. The second-order valence-corrected chi connectivity index (χ2v) is 37.4. The van der Waals surface area contributed by atoms with Gasteiger partial charge in [0.2, 0.25) is 6.71 Å². The molecule has 0 unspecified atom stereocenters. The SMILES string of the molecule is Brc1ccc(-n2c3ccccc3c3ccccc32)cc1N1c2ccccc2[Si](c2ccccc2)(c2ccccc2)c2cccc(Br)c21.COB(OC)c1ccccc1.c1ccc(B2c3ccc(-n4c5ccccc5c5ccccc54)cc3N3c4ccccc4[Si](c4ccccc4)(c4ccccc4)c4cccc2c43)cc1. The van der Waals surface area contributed by atoms with Crippen LogP contribution in [0.5, 0.6) is 0 Å². The van der Waals surface area contributed by atoms with Crippen LogP contribution in [0.1, 0.15) is 0 Å². The standard InChI is InChI=1S/C48H33BN2Si.C42H28Br2N2Si.C8H11BO2/c1-4-17-34(18-5-1)49-40-32-31-35(50-42-26-12-10-23-38(42)39-24-11-13-27-43(39)50)33-45(40)51-44-28-14-15-29-46(44)52(36-19-6-2-7-20-36,37-21-8-3-9-22-37)47-30-16-25-41(49)48(47)51;43-34-27-26-29(45-36-21-9-7-18-32(36)33-19-8-10-22-37(33)45)28-39(34)46-38-23-11-12-24-40(38)47(30-14-3-1-4-15-30,31-16-5-2-6-17-31)41-25-13-20-35(44)42(41)46;1-10-9(11-2)8-6-4-3-5-7-8/h1-33H;1-28H;3-7H,1-2H3. The number of hydrogen-bond acceptors (Lipinski definition) is 4. The molecule has 0 saturated heterocycles. The molecule has 18 aromatic rings. The van der Waals surface area contributed by atoms with Gasteiger partial charge in [-0.3, -0.25) is 0 Å². The van der Waals surface area contributed by atoms with Gasteiger partial charge in [-0.2, -0.15) is 0 Å². The molecule has 110 heavy (non-hydrogen) atoms. The number of para-hydroxylation sites is 8. The fourth-order valence-corrected chi connectivity index (χ4v) is 29.6. The number of rotatable bonds is 11. The number of fused-ring (bicyclic) bond motifs is 12. The molecule has 16 aromatic carbocycles. The van der Waals surface area contributed by atoms with Gasteiger partial charge in [-0.1, -0.05) is 333 Å². The van der Waals surface area contributed by atoms with Crippen molar-refractivity contribution in [2.45, 2.75) is 0 Å². The van der Waals surface area contributed by atoms with Crippen LogP contribution in [0.25, 0.3) is 55.0 Å². The van der Waals surface area contributed by atoms with Gasteiger partial charge in [0.05, 0.1) is 33.4 Å². The molecule has 0 N–H and O–H groups in total. The predicted molar refractivity (Wildman–Crippen MR) is 478 cm³/mol. The van der Waals surface area contributed by atoms with Gasteiger partial charge in [-0.05, 0) is 163 Å². The normalized spacial score (nSPS) is 13.3. The van der Waals surface area contributed by atoms with Crippen molar-refractivity contribution in [2.75, 3.05) is 24.0 Å². The van der Waals surface area contributed by atoms with Crippen LogP contribution in [0.2, 0.25) is 0 Å². The second kappa shape index (κ2) is 29.0. The Kier molecular flexibility index (Phi) is 18.1. The van der Waals surface area contributed by atoms with Crippen LogP contribution in [-0.2, 0) is 9.31 Å². The summed E-state index contributed by atoms with van der Waals surface area (Å²) in [5.41, 5.74) is 19.5. The summed E-state index contributed by atoms with van der Waals surface area (Å²) in [5, 5.41) is 16.2. The second-order valence-electron chi connectivity index (χ2n) is 28.2. The van der Waals surface area contributed by atoms with Gasteiger partial charge in [0.1, 0.15) is 0 Å². The zero-order chi connectivity index (χ0) is 73.9. The molecule has 6 nitrogen and oxygen atoms in total. The minimum absolute atomic E-state index is 0.0816. The molecule has 2 aromatic heterocycles. The van der Waals surface area contributed by atoms with E-state index in [1.807, 2.05) is 30.3 Å². The third-order valence-electron chi connectivity index (χ3n) is 22.6. The fourth-order valence-electron chi connectivity index (χ4n) is 18.2. The van der Waals surface area contributed by atoms with Crippen molar-refractivity contribution in [3.8, 4) is 11.4 Å². The Morgan fingerprint density at radius 3 is 1.09 bits per heavy atom. The molecule has 0 spiro atoms. The molecule has 0 radical (unpaired) electrons. The maximum absolute atomic E-state index is 5.06. The summed E-state index contributed by atoms with van der Waals surface area (Å²) in [6.07, 6.45) is 0. The van der Waals surface area contributed by atoms with E-state index < -0.39 is 16.1 Å². The molecule has 0 fully saturated rings. The van der Waals surface area contributed by atoms with Crippen molar-refractivity contribution >= 4 is 203 Å². The zero-order valence-electron chi connectivity index (χ0n) is 60.6. The van der Waals surface area contributed by atoms with Crippen molar-refractivity contribution in [3.05, 3.63) is 409 Å². The first-order valence-corrected chi connectivity index (χ1v) is 43.0. The smallest absolute Gasteiger partial charge is 0.410 e. The highest BCUT2D eigenvalue weighted by Gasteiger charge is 2.53. The number of nitrogens with zero attached hydrogens (tertiary/aromatic N) is 4. The minimum atomic E-state index is -2.77. The molecule has 21 rings (SSSR count). The van der Waals surface area contributed by atoms with E-state index in [2.05, 4.69) is 421 Å². The van der Waals surface area contributed by atoms with Crippen LogP contribution in [0, 0.1) is 0 Å². The molecule has 12 heteroatoms. The van der Waals surface area contributed by atoms with E-state index in [1.165, 1.54) is 136 Å². The van der Waals surface area contributed by atoms with E-state index in [0.717, 1.165) is 25.8 Å². The van der Waals surface area contributed by atoms with E-state index >= 15 is 0 Å². The lowest BCUT2D eigenvalue weighted by atomic mass is 9.35. The number of halogens is 2. The Balaban J connectivity index is 0.000000131. The third-order valence-corrected chi connectivity index (χ3v) is 33.6. The summed E-state index contributed by atoms with van der Waals surface area (Å²) in [6.45, 7) is 0.0816. The highest BCUT2D eigenvalue weighted by atomic mass is 79.9. The first-order chi connectivity index (χ1) is 54.4. The quantitative estimate of drug-likeness (QED) is 0.121. The minimum Gasteiger partial charge on any atom is -0.410 e.